The second kappa shape index (κ2) is 9.07. The van der Waals surface area contributed by atoms with Crippen molar-refractivity contribution in [1.29, 1.82) is 0 Å². The molecule has 0 unspecified atom stereocenters. The second-order valence-electron chi connectivity index (χ2n) is 7.44. The van der Waals surface area contributed by atoms with Gasteiger partial charge in [0.15, 0.2) is 5.76 Å². The summed E-state index contributed by atoms with van der Waals surface area (Å²) in [5, 5.41) is 3.56. The minimum atomic E-state index is -3.41. The zero-order chi connectivity index (χ0) is 21.8. The van der Waals surface area contributed by atoms with E-state index in [-0.39, 0.29) is 29.8 Å². The number of carbonyl (C=O) groups is 1. The van der Waals surface area contributed by atoms with E-state index in [0.717, 1.165) is 11.1 Å². The van der Waals surface area contributed by atoms with Gasteiger partial charge in [-0.3, -0.25) is 4.79 Å². The number of para-hydroxylation sites is 1. The molecular weight excluding hydrogens is 421 g/mol. The summed E-state index contributed by atoms with van der Waals surface area (Å²) >= 11 is 0. The summed E-state index contributed by atoms with van der Waals surface area (Å²) in [4.78, 5) is 14.3. The van der Waals surface area contributed by atoms with Crippen LogP contribution in [0.15, 0.2) is 59.0 Å². The fraction of sp³-hybridized carbons (Fsp3) is 0.318. The van der Waals surface area contributed by atoms with E-state index in [2.05, 4.69) is 5.32 Å². The molecule has 0 radical (unpaired) electrons. The van der Waals surface area contributed by atoms with Crippen molar-refractivity contribution in [3.05, 3.63) is 66.2 Å². The van der Waals surface area contributed by atoms with Gasteiger partial charge < -0.3 is 14.6 Å². The molecular formula is C22H24FN3O4S. The van der Waals surface area contributed by atoms with Crippen LogP contribution in [0.25, 0.3) is 11.0 Å². The predicted octanol–water partition coefficient (Wildman–Crippen LogP) is 2.84. The third kappa shape index (κ3) is 5.05. The molecule has 7 nitrogen and oxygen atoms in total. The lowest BCUT2D eigenvalue weighted by molar-refractivity contribution is 0.0928. The van der Waals surface area contributed by atoms with Crippen LogP contribution < -0.4 is 10.2 Å². The SMILES string of the molecule is O=C(NCCCS(=O)(=O)N1CCN(c2ccc(F)cc2)CC1)c1cc2ccccc2o1. The van der Waals surface area contributed by atoms with Crippen molar-refractivity contribution in [2.45, 2.75) is 6.42 Å². The van der Waals surface area contributed by atoms with E-state index in [1.54, 1.807) is 24.3 Å². The highest BCUT2D eigenvalue weighted by molar-refractivity contribution is 7.89. The molecule has 1 aliphatic rings. The average molecular weight is 446 g/mol. The summed E-state index contributed by atoms with van der Waals surface area (Å²) in [5.41, 5.74) is 1.52. The van der Waals surface area contributed by atoms with Gasteiger partial charge in [0.1, 0.15) is 11.4 Å². The number of amides is 1. The quantitative estimate of drug-likeness (QED) is 0.566. The van der Waals surface area contributed by atoms with Crippen molar-refractivity contribution in [2.75, 3.05) is 43.4 Å². The van der Waals surface area contributed by atoms with E-state index in [9.17, 15) is 17.6 Å². The van der Waals surface area contributed by atoms with E-state index >= 15 is 0 Å². The molecule has 31 heavy (non-hydrogen) atoms. The van der Waals surface area contributed by atoms with Gasteiger partial charge in [0.2, 0.25) is 10.0 Å². The number of sulfonamides is 1. The van der Waals surface area contributed by atoms with Gasteiger partial charge in [-0.25, -0.2) is 12.8 Å². The molecule has 0 saturated carbocycles. The van der Waals surface area contributed by atoms with Crippen LogP contribution in [0, 0.1) is 5.82 Å². The standard InChI is InChI=1S/C22H24FN3O4S/c23-18-6-8-19(9-7-18)25-11-13-26(14-12-25)31(28,29)15-3-10-24-22(27)21-16-17-4-1-2-5-20(17)30-21/h1-2,4-9,16H,3,10-15H2,(H,24,27). The highest BCUT2D eigenvalue weighted by atomic mass is 32.2. The number of nitrogens with one attached hydrogen (secondary N) is 1. The summed E-state index contributed by atoms with van der Waals surface area (Å²) in [5.74, 6) is -0.482. The van der Waals surface area contributed by atoms with Crippen molar-refractivity contribution < 1.29 is 22.0 Å². The number of carbonyl (C=O) groups excluding carboxylic acids is 1. The van der Waals surface area contributed by atoms with Crippen molar-refractivity contribution in [3.8, 4) is 0 Å². The Morgan fingerprint density at radius 2 is 1.74 bits per heavy atom. The van der Waals surface area contributed by atoms with E-state index in [1.165, 1.54) is 16.4 Å². The zero-order valence-corrected chi connectivity index (χ0v) is 17.8. The Hall–Kier alpha value is -2.91. The Balaban J connectivity index is 1.23. The van der Waals surface area contributed by atoms with Gasteiger partial charge in [-0.05, 0) is 42.8 Å². The molecule has 0 aliphatic carbocycles. The second-order valence-corrected chi connectivity index (χ2v) is 9.52. The molecule has 2 aromatic carbocycles. The van der Waals surface area contributed by atoms with Crippen LogP contribution in [0.3, 0.4) is 0 Å². The number of piperazine rings is 1. The van der Waals surface area contributed by atoms with Gasteiger partial charge in [-0.1, -0.05) is 18.2 Å². The third-order valence-electron chi connectivity index (χ3n) is 5.34. The van der Waals surface area contributed by atoms with E-state index in [0.29, 0.717) is 38.2 Å². The Kier molecular flexibility index (Phi) is 6.24. The minimum Gasteiger partial charge on any atom is -0.451 e. The number of furan rings is 1. The lowest BCUT2D eigenvalue weighted by Crippen LogP contribution is -2.49. The molecule has 1 saturated heterocycles. The van der Waals surface area contributed by atoms with Crippen LogP contribution >= 0.6 is 0 Å². The molecule has 1 aromatic heterocycles. The largest absolute Gasteiger partial charge is 0.451 e. The van der Waals surface area contributed by atoms with E-state index < -0.39 is 10.0 Å². The maximum atomic E-state index is 13.1. The fourth-order valence-corrected chi connectivity index (χ4v) is 5.13. The maximum absolute atomic E-state index is 13.1. The molecule has 1 amide bonds. The first-order chi connectivity index (χ1) is 14.9. The number of benzene rings is 2. The first-order valence-electron chi connectivity index (χ1n) is 10.2. The molecule has 2 heterocycles. The van der Waals surface area contributed by atoms with Gasteiger partial charge in [0, 0.05) is 43.8 Å². The van der Waals surface area contributed by atoms with Gasteiger partial charge in [0.25, 0.3) is 5.91 Å². The van der Waals surface area contributed by atoms with Crippen molar-refractivity contribution in [3.63, 3.8) is 0 Å². The maximum Gasteiger partial charge on any atom is 0.287 e. The van der Waals surface area contributed by atoms with Crippen LogP contribution in [-0.4, -0.2) is 57.1 Å². The fourth-order valence-electron chi connectivity index (χ4n) is 3.64. The molecule has 3 aromatic rings. The first kappa shape index (κ1) is 21.3. The van der Waals surface area contributed by atoms with E-state index in [4.69, 9.17) is 4.42 Å². The summed E-state index contributed by atoms with van der Waals surface area (Å²) in [6.45, 7) is 2.10. The van der Waals surface area contributed by atoms with E-state index in [1.807, 2.05) is 23.1 Å². The molecule has 9 heteroatoms. The van der Waals surface area contributed by atoms with Crippen LogP contribution in [0.5, 0.6) is 0 Å². The molecule has 164 valence electrons. The molecule has 0 atom stereocenters. The highest BCUT2D eigenvalue weighted by Crippen LogP contribution is 2.19. The predicted molar refractivity (Wildman–Crippen MR) is 117 cm³/mol. The summed E-state index contributed by atoms with van der Waals surface area (Å²) in [6, 6.07) is 15.2. The monoisotopic (exact) mass is 445 g/mol. The van der Waals surface area contributed by atoms with Crippen LogP contribution in [-0.2, 0) is 10.0 Å². The number of halogens is 1. The summed E-state index contributed by atoms with van der Waals surface area (Å²) in [6.07, 6.45) is 0.312. The third-order valence-corrected chi connectivity index (χ3v) is 7.29. The number of nitrogens with zero attached hydrogens (tertiary/aromatic N) is 2. The summed E-state index contributed by atoms with van der Waals surface area (Å²) in [7, 11) is -3.41. The summed E-state index contributed by atoms with van der Waals surface area (Å²) < 4.78 is 45.3. The first-order valence-corrected chi connectivity index (χ1v) is 11.8. The highest BCUT2D eigenvalue weighted by Gasteiger charge is 2.26. The lowest BCUT2D eigenvalue weighted by Gasteiger charge is -2.35. The normalized spacial score (nSPS) is 15.3. The van der Waals surface area contributed by atoms with Crippen molar-refractivity contribution in [2.24, 2.45) is 0 Å². The van der Waals surface area contributed by atoms with Gasteiger partial charge in [-0.2, -0.15) is 4.31 Å². The zero-order valence-electron chi connectivity index (χ0n) is 17.0. The molecule has 1 aliphatic heterocycles. The van der Waals surface area contributed by atoms with Crippen molar-refractivity contribution >= 4 is 32.6 Å². The molecule has 0 spiro atoms. The van der Waals surface area contributed by atoms with Crippen LogP contribution in [0.4, 0.5) is 10.1 Å². The molecule has 4 rings (SSSR count). The Bertz CT molecular complexity index is 1120. The Labute approximate surface area is 180 Å². The van der Waals surface area contributed by atoms with Gasteiger partial charge in [0.05, 0.1) is 5.75 Å². The number of fused-ring (bicyclic) bond motifs is 1. The Morgan fingerprint density at radius 1 is 1.03 bits per heavy atom. The molecule has 1 N–H and O–H groups in total. The van der Waals surface area contributed by atoms with Crippen LogP contribution in [0.2, 0.25) is 0 Å². The minimum absolute atomic E-state index is 0.0377. The molecule has 1 fully saturated rings. The number of rotatable bonds is 7. The van der Waals surface area contributed by atoms with Crippen molar-refractivity contribution in [1.82, 2.24) is 9.62 Å². The van der Waals surface area contributed by atoms with Crippen LogP contribution in [0.1, 0.15) is 17.0 Å². The number of anilines is 1. The Morgan fingerprint density at radius 3 is 2.45 bits per heavy atom. The molecule has 0 bridgehead atoms. The number of hydrogen-bond acceptors (Lipinski definition) is 5. The number of hydrogen-bond donors (Lipinski definition) is 1. The average Bonchev–Trinajstić information content (AvgIpc) is 3.22. The lowest BCUT2D eigenvalue weighted by atomic mass is 10.2. The van der Waals surface area contributed by atoms with Gasteiger partial charge in [-0.15, -0.1) is 0 Å². The topological polar surface area (TPSA) is 82.9 Å². The van der Waals surface area contributed by atoms with Gasteiger partial charge >= 0.3 is 0 Å². The smallest absolute Gasteiger partial charge is 0.287 e.